The first-order valence-corrected chi connectivity index (χ1v) is 8.83. The first kappa shape index (κ1) is 13.5. The molecule has 4 nitrogen and oxygen atoms in total. The second kappa shape index (κ2) is 5.21. The van der Waals surface area contributed by atoms with E-state index in [0.29, 0.717) is 18.0 Å². The summed E-state index contributed by atoms with van der Waals surface area (Å²) in [6.07, 6.45) is 9.16. The van der Waals surface area contributed by atoms with E-state index in [1.165, 1.54) is 42.1 Å². The van der Waals surface area contributed by atoms with Gasteiger partial charge in [0.25, 0.3) is 0 Å². The van der Waals surface area contributed by atoms with Crippen molar-refractivity contribution >= 4 is 11.3 Å². The summed E-state index contributed by atoms with van der Waals surface area (Å²) in [4.78, 5) is 9.28. The van der Waals surface area contributed by atoms with Crippen molar-refractivity contribution < 1.29 is 0 Å². The predicted octanol–water partition coefficient (Wildman–Crippen LogP) is 3.64. The maximum atomic E-state index is 4.88. The van der Waals surface area contributed by atoms with Gasteiger partial charge in [0.05, 0.1) is 23.9 Å². The summed E-state index contributed by atoms with van der Waals surface area (Å²) in [7, 11) is 0. The Balaban J connectivity index is 1.67. The zero-order valence-electron chi connectivity index (χ0n) is 12.6. The molecule has 0 aromatic carbocycles. The van der Waals surface area contributed by atoms with Gasteiger partial charge in [-0.1, -0.05) is 13.8 Å². The van der Waals surface area contributed by atoms with Crippen LogP contribution in [-0.4, -0.2) is 20.6 Å². The fourth-order valence-electron chi connectivity index (χ4n) is 2.66. The van der Waals surface area contributed by atoms with Crippen LogP contribution in [0.25, 0.3) is 0 Å². The van der Waals surface area contributed by atoms with Gasteiger partial charge in [0.15, 0.2) is 0 Å². The first-order chi connectivity index (χ1) is 10.2. The Morgan fingerprint density at radius 3 is 2.71 bits per heavy atom. The van der Waals surface area contributed by atoms with Crippen molar-refractivity contribution in [2.45, 2.75) is 63.6 Å². The fraction of sp³-hybridized carbons (Fsp3) is 0.625. The highest BCUT2D eigenvalue weighted by Gasteiger charge is 2.33. The first-order valence-electron chi connectivity index (χ1n) is 7.95. The van der Waals surface area contributed by atoms with Crippen LogP contribution in [0.5, 0.6) is 0 Å². The molecule has 2 aromatic rings. The third kappa shape index (κ3) is 2.77. The monoisotopic (exact) mass is 302 g/mol. The lowest BCUT2D eigenvalue weighted by molar-refractivity contribution is 0.547. The molecule has 4 rings (SSSR count). The Labute approximate surface area is 129 Å². The molecule has 1 unspecified atom stereocenters. The lowest BCUT2D eigenvalue weighted by atomic mass is 10.1. The molecular weight excluding hydrogens is 280 g/mol. The van der Waals surface area contributed by atoms with Gasteiger partial charge < -0.3 is 9.88 Å². The van der Waals surface area contributed by atoms with Crippen LogP contribution in [0.1, 0.15) is 73.9 Å². The molecule has 0 amide bonds. The zero-order chi connectivity index (χ0) is 14.4. The molecule has 2 aromatic heterocycles. The molecule has 0 aliphatic heterocycles. The van der Waals surface area contributed by atoms with Gasteiger partial charge in [0, 0.05) is 17.5 Å². The van der Waals surface area contributed by atoms with Crippen LogP contribution >= 0.6 is 11.3 Å². The van der Waals surface area contributed by atoms with Gasteiger partial charge in [-0.25, -0.2) is 9.97 Å². The van der Waals surface area contributed by atoms with Crippen molar-refractivity contribution in [2.75, 3.05) is 0 Å². The van der Waals surface area contributed by atoms with E-state index in [1.807, 2.05) is 12.5 Å². The average molecular weight is 302 g/mol. The minimum absolute atomic E-state index is 0.207. The molecule has 2 fully saturated rings. The molecule has 0 spiro atoms. The summed E-state index contributed by atoms with van der Waals surface area (Å²) in [5.74, 6) is 0.491. The summed E-state index contributed by atoms with van der Waals surface area (Å²) < 4.78 is 2.36. The van der Waals surface area contributed by atoms with Crippen molar-refractivity contribution in [1.82, 2.24) is 19.9 Å². The Morgan fingerprint density at radius 1 is 1.29 bits per heavy atom. The molecule has 1 N–H and O–H groups in total. The highest BCUT2D eigenvalue weighted by Crippen LogP contribution is 2.39. The van der Waals surface area contributed by atoms with Crippen LogP contribution in [-0.2, 0) is 0 Å². The van der Waals surface area contributed by atoms with Gasteiger partial charge in [-0.2, -0.15) is 0 Å². The number of thiazole rings is 1. The van der Waals surface area contributed by atoms with Crippen molar-refractivity contribution in [2.24, 2.45) is 0 Å². The Morgan fingerprint density at radius 2 is 2.10 bits per heavy atom. The van der Waals surface area contributed by atoms with Crippen molar-refractivity contribution in [3.8, 4) is 0 Å². The standard InChI is InChI=1S/C16H22N4S/c1-10(2)13-8-21-16(19-13)15(18-11-3-4-11)14-7-17-9-20(14)12-5-6-12/h7-12,15,18H,3-6H2,1-2H3. The van der Waals surface area contributed by atoms with Crippen LogP contribution in [0.3, 0.4) is 0 Å². The lowest BCUT2D eigenvalue weighted by Gasteiger charge is -2.18. The van der Waals surface area contributed by atoms with E-state index < -0.39 is 0 Å². The van der Waals surface area contributed by atoms with E-state index >= 15 is 0 Å². The molecule has 1 atom stereocenters. The van der Waals surface area contributed by atoms with Gasteiger partial charge in [-0.3, -0.25) is 0 Å². The third-order valence-electron chi connectivity index (χ3n) is 4.29. The van der Waals surface area contributed by atoms with Crippen LogP contribution in [0.2, 0.25) is 0 Å². The maximum Gasteiger partial charge on any atom is 0.116 e. The fourth-order valence-corrected chi connectivity index (χ4v) is 3.71. The van der Waals surface area contributed by atoms with Crippen LogP contribution < -0.4 is 5.32 Å². The van der Waals surface area contributed by atoms with E-state index in [-0.39, 0.29) is 6.04 Å². The van der Waals surface area contributed by atoms with Crippen LogP contribution in [0.15, 0.2) is 17.9 Å². The number of hydrogen-bond donors (Lipinski definition) is 1. The maximum absolute atomic E-state index is 4.88. The van der Waals surface area contributed by atoms with Crippen molar-refractivity contribution in [1.29, 1.82) is 0 Å². The molecule has 5 heteroatoms. The van der Waals surface area contributed by atoms with E-state index in [2.05, 4.69) is 34.1 Å². The normalized spacial score (nSPS) is 20.1. The number of nitrogens with zero attached hydrogens (tertiary/aromatic N) is 3. The van der Waals surface area contributed by atoms with Gasteiger partial charge >= 0.3 is 0 Å². The van der Waals surface area contributed by atoms with Crippen LogP contribution in [0, 0.1) is 0 Å². The molecule has 2 aliphatic rings. The molecule has 2 saturated carbocycles. The molecule has 112 valence electrons. The number of imidazole rings is 1. The summed E-state index contributed by atoms with van der Waals surface area (Å²) in [5.41, 5.74) is 2.49. The van der Waals surface area contributed by atoms with Gasteiger partial charge in [0.2, 0.25) is 0 Å². The highest BCUT2D eigenvalue weighted by molar-refractivity contribution is 7.09. The number of rotatable bonds is 6. The lowest BCUT2D eigenvalue weighted by Crippen LogP contribution is -2.26. The highest BCUT2D eigenvalue weighted by atomic mass is 32.1. The molecule has 0 saturated heterocycles. The van der Waals surface area contributed by atoms with E-state index in [0.717, 1.165) is 0 Å². The van der Waals surface area contributed by atoms with Gasteiger partial charge in [0.1, 0.15) is 11.0 Å². The molecule has 21 heavy (non-hydrogen) atoms. The SMILES string of the molecule is CC(C)c1csc(C(NC2CC2)c2cncn2C2CC2)n1. The quantitative estimate of drug-likeness (QED) is 0.886. The summed E-state index contributed by atoms with van der Waals surface area (Å²) in [6, 6.07) is 1.53. The minimum atomic E-state index is 0.207. The Bertz CT molecular complexity index is 622. The second-order valence-corrected chi connectivity index (χ2v) is 7.49. The van der Waals surface area contributed by atoms with Crippen LogP contribution in [0.4, 0.5) is 0 Å². The number of hydrogen-bond acceptors (Lipinski definition) is 4. The molecule has 2 aliphatic carbocycles. The number of nitrogens with one attached hydrogen (secondary N) is 1. The van der Waals surface area contributed by atoms with E-state index in [4.69, 9.17) is 4.98 Å². The molecular formula is C16H22N4S. The largest absolute Gasteiger partial charge is 0.330 e. The smallest absolute Gasteiger partial charge is 0.116 e. The number of aromatic nitrogens is 3. The van der Waals surface area contributed by atoms with E-state index in [9.17, 15) is 0 Å². The minimum Gasteiger partial charge on any atom is -0.330 e. The molecule has 2 heterocycles. The van der Waals surface area contributed by atoms with Crippen molar-refractivity contribution in [3.63, 3.8) is 0 Å². The molecule has 0 bridgehead atoms. The van der Waals surface area contributed by atoms with Gasteiger partial charge in [-0.15, -0.1) is 11.3 Å². The Kier molecular flexibility index (Phi) is 3.34. The third-order valence-corrected chi connectivity index (χ3v) is 5.22. The zero-order valence-corrected chi connectivity index (χ0v) is 13.4. The summed E-state index contributed by atoms with van der Waals surface area (Å²) in [5, 5.41) is 7.17. The van der Waals surface area contributed by atoms with Gasteiger partial charge in [-0.05, 0) is 31.6 Å². The van der Waals surface area contributed by atoms with E-state index in [1.54, 1.807) is 11.3 Å². The topological polar surface area (TPSA) is 42.7 Å². The molecule has 0 radical (unpaired) electrons. The second-order valence-electron chi connectivity index (χ2n) is 6.60. The Hall–Kier alpha value is -1.20. The average Bonchev–Trinajstić information content (AvgIpc) is 3.38. The summed E-state index contributed by atoms with van der Waals surface area (Å²) >= 11 is 1.78. The van der Waals surface area contributed by atoms with Crippen molar-refractivity contribution in [3.05, 3.63) is 34.3 Å². The predicted molar refractivity (Wildman–Crippen MR) is 84.7 cm³/mol. The summed E-state index contributed by atoms with van der Waals surface area (Å²) in [6.45, 7) is 4.41.